The molecular formula is C32H25Cl3N2O3. The first-order valence-corrected chi connectivity index (χ1v) is 13.8. The maximum absolute atomic E-state index is 13.5. The molecule has 4 aromatic carbocycles. The maximum atomic E-state index is 13.5. The van der Waals surface area contributed by atoms with E-state index >= 15 is 0 Å². The molecule has 1 aliphatic rings. The summed E-state index contributed by atoms with van der Waals surface area (Å²) < 4.78 is 5.96. The Kier molecular flexibility index (Phi) is 8.75. The molecule has 202 valence electrons. The van der Waals surface area contributed by atoms with Crippen LogP contribution in [-0.4, -0.2) is 21.7 Å². The van der Waals surface area contributed by atoms with Crippen LogP contribution in [-0.2, 0) is 30.9 Å². The number of rotatable bonds is 9. The smallest absolute Gasteiger partial charge is 0.332 e. The van der Waals surface area contributed by atoms with Gasteiger partial charge in [-0.3, -0.25) is 14.6 Å². The fraction of sp³-hybridized carbons (Fsp3) is 0.125. The molecule has 1 heterocycles. The van der Waals surface area contributed by atoms with Crippen LogP contribution in [0.3, 0.4) is 0 Å². The van der Waals surface area contributed by atoms with E-state index in [-0.39, 0.29) is 25.0 Å². The largest absolute Gasteiger partial charge is 0.489 e. The van der Waals surface area contributed by atoms with E-state index in [0.29, 0.717) is 39.5 Å². The minimum atomic E-state index is -0.374. The van der Waals surface area contributed by atoms with Gasteiger partial charge in [0, 0.05) is 15.1 Å². The maximum Gasteiger partial charge on any atom is 0.332 e. The number of halogens is 3. The number of benzene rings is 4. The van der Waals surface area contributed by atoms with E-state index in [2.05, 4.69) is 0 Å². The van der Waals surface area contributed by atoms with Crippen molar-refractivity contribution in [2.24, 2.45) is 0 Å². The average molecular weight is 592 g/mol. The Labute approximate surface area is 248 Å². The Morgan fingerprint density at radius 2 is 1.15 bits per heavy atom. The Balaban J connectivity index is 1.35. The highest BCUT2D eigenvalue weighted by atomic mass is 35.5. The fourth-order valence-corrected chi connectivity index (χ4v) is 4.73. The first-order valence-electron chi connectivity index (χ1n) is 12.6. The van der Waals surface area contributed by atoms with Gasteiger partial charge in [-0.15, -0.1) is 0 Å². The second-order valence-electron chi connectivity index (χ2n) is 9.37. The van der Waals surface area contributed by atoms with E-state index in [4.69, 9.17) is 39.5 Å². The number of nitrogens with zero attached hydrogens (tertiary/aromatic N) is 2. The minimum absolute atomic E-state index is 0.150. The summed E-state index contributed by atoms with van der Waals surface area (Å²) >= 11 is 18.0. The van der Waals surface area contributed by atoms with Crippen molar-refractivity contribution < 1.29 is 14.3 Å². The first-order chi connectivity index (χ1) is 19.4. The van der Waals surface area contributed by atoms with Crippen molar-refractivity contribution in [3.8, 4) is 5.75 Å². The monoisotopic (exact) mass is 590 g/mol. The van der Waals surface area contributed by atoms with Crippen LogP contribution in [0, 0.1) is 0 Å². The zero-order valence-electron chi connectivity index (χ0n) is 21.4. The van der Waals surface area contributed by atoms with Crippen LogP contribution in [0.4, 0.5) is 4.79 Å². The molecule has 3 amide bonds. The van der Waals surface area contributed by atoms with Gasteiger partial charge in [-0.25, -0.2) is 4.79 Å². The summed E-state index contributed by atoms with van der Waals surface area (Å²) in [6.45, 7) is 0.801. The Bertz CT molecular complexity index is 1540. The Morgan fingerprint density at radius 3 is 1.73 bits per heavy atom. The van der Waals surface area contributed by atoms with Crippen LogP contribution in [0.1, 0.15) is 22.3 Å². The van der Waals surface area contributed by atoms with Crippen molar-refractivity contribution in [1.29, 1.82) is 0 Å². The summed E-state index contributed by atoms with van der Waals surface area (Å²) in [4.78, 5) is 29.8. The van der Waals surface area contributed by atoms with Gasteiger partial charge in [-0.2, -0.15) is 0 Å². The molecule has 4 aromatic rings. The summed E-state index contributed by atoms with van der Waals surface area (Å²) in [7, 11) is 0. The van der Waals surface area contributed by atoms with Crippen molar-refractivity contribution in [3.63, 3.8) is 0 Å². The number of urea groups is 1. The molecule has 0 bridgehead atoms. The van der Waals surface area contributed by atoms with Gasteiger partial charge in [0.15, 0.2) is 0 Å². The highest BCUT2D eigenvalue weighted by Crippen LogP contribution is 2.27. The lowest BCUT2D eigenvalue weighted by Gasteiger charge is -2.17. The van der Waals surface area contributed by atoms with Crippen molar-refractivity contribution in [2.45, 2.75) is 26.1 Å². The van der Waals surface area contributed by atoms with Gasteiger partial charge < -0.3 is 4.74 Å². The lowest BCUT2D eigenvalue weighted by Crippen LogP contribution is -2.32. The third-order valence-corrected chi connectivity index (χ3v) is 7.23. The summed E-state index contributed by atoms with van der Waals surface area (Å²) in [6, 6.07) is 29.1. The van der Waals surface area contributed by atoms with Gasteiger partial charge >= 0.3 is 6.03 Å². The lowest BCUT2D eigenvalue weighted by atomic mass is 10.1. The van der Waals surface area contributed by atoms with Crippen LogP contribution < -0.4 is 4.74 Å². The van der Waals surface area contributed by atoms with E-state index in [1.54, 1.807) is 30.3 Å². The minimum Gasteiger partial charge on any atom is -0.489 e. The molecule has 0 atom stereocenters. The molecule has 0 radical (unpaired) electrons. The van der Waals surface area contributed by atoms with E-state index in [9.17, 15) is 9.59 Å². The van der Waals surface area contributed by atoms with Crippen LogP contribution in [0.5, 0.6) is 5.75 Å². The third-order valence-electron chi connectivity index (χ3n) is 6.47. The quantitative estimate of drug-likeness (QED) is 0.145. The SMILES string of the molecule is O=C1/C(=C/Cc2cccc(OCc3ccc(Cl)cc3)c2)N(Cc2ccc(Cl)cc2)C(=O)N1Cc1ccc(Cl)cc1. The van der Waals surface area contributed by atoms with E-state index in [1.165, 1.54) is 9.80 Å². The van der Waals surface area contributed by atoms with Gasteiger partial charge in [0.05, 0.1) is 13.1 Å². The number of imide groups is 1. The van der Waals surface area contributed by atoms with Crippen LogP contribution in [0.15, 0.2) is 109 Å². The fourth-order valence-electron chi connectivity index (χ4n) is 4.35. The molecule has 0 saturated carbocycles. The van der Waals surface area contributed by atoms with E-state index < -0.39 is 0 Å². The normalized spacial score (nSPS) is 14.3. The van der Waals surface area contributed by atoms with Crippen LogP contribution in [0.2, 0.25) is 15.1 Å². The molecule has 0 N–H and O–H groups in total. The van der Waals surface area contributed by atoms with Crippen molar-refractivity contribution in [3.05, 3.63) is 146 Å². The Morgan fingerprint density at radius 1 is 0.625 bits per heavy atom. The Hall–Kier alpha value is -3.77. The number of hydrogen-bond donors (Lipinski definition) is 0. The second-order valence-corrected chi connectivity index (χ2v) is 10.7. The lowest BCUT2D eigenvalue weighted by molar-refractivity contribution is -0.123. The molecular weight excluding hydrogens is 567 g/mol. The van der Waals surface area contributed by atoms with Crippen molar-refractivity contribution >= 4 is 46.7 Å². The summed E-state index contributed by atoms with van der Waals surface area (Å²) in [6.07, 6.45) is 2.24. The van der Waals surface area contributed by atoms with Crippen LogP contribution >= 0.6 is 34.8 Å². The van der Waals surface area contributed by atoms with Crippen molar-refractivity contribution in [1.82, 2.24) is 9.80 Å². The number of allylic oxidation sites excluding steroid dienone is 1. The topological polar surface area (TPSA) is 49.9 Å². The highest BCUT2D eigenvalue weighted by molar-refractivity contribution is 6.31. The van der Waals surface area contributed by atoms with Gasteiger partial charge in [0.1, 0.15) is 18.1 Å². The molecule has 0 unspecified atom stereocenters. The molecule has 0 aliphatic carbocycles. The number of ether oxygens (including phenoxy) is 1. The van der Waals surface area contributed by atoms with E-state index in [0.717, 1.165) is 22.3 Å². The number of carbonyl (C=O) groups excluding carboxylic acids is 2. The predicted molar refractivity (Wildman–Crippen MR) is 158 cm³/mol. The molecule has 40 heavy (non-hydrogen) atoms. The summed E-state index contributed by atoms with van der Waals surface area (Å²) in [5, 5.41) is 1.87. The van der Waals surface area contributed by atoms with E-state index in [1.807, 2.05) is 72.8 Å². The number of hydrogen-bond acceptors (Lipinski definition) is 3. The molecule has 8 heteroatoms. The zero-order valence-corrected chi connectivity index (χ0v) is 23.7. The molecule has 0 spiro atoms. The summed E-state index contributed by atoms with van der Waals surface area (Å²) in [5.41, 5.74) is 3.96. The summed E-state index contributed by atoms with van der Waals surface area (Å²) in [5.74, 6) is 0.367. The second kappa shape index (κ2) is 12.6. The highest BCUT2D eigenvalue weighted by Gasteiger charge is 2.40. The van der Waals surface area contributed by atoms with Gasteiger partial charge in [0.2, 0.25) is 0 Å². The third kappa shape index (κ3) is 6.86. The molecule has 1 fully saturated rings. The average Bonchev–Trinajstić information content (AvgIpc) is 3.17. The van der Waals surface area contributed by atoms with Gasteiger partial charge in [-0.1, -0.05) is 89.4 Å². The molecule has 0 aromatic heterocycles. The first kappa shape index (κ1) is 27.8. The van der Waals surface area contributed by atoms with Crippen LogP contribution in [0.25, 0.3) is 0 Å². The molecule has 5 rings (SSSR count). The number of carbonyl (C=O) groups is 2. The number of amides is 3. The van der Waals surface area contributed by atoms with Crippen molar-refractivity contribution in [2.75, 3.05) is 0 Å². The molecule has 5 nitrogen and oxygen atoms in total. The molecule has 1 aliphatic heterocycles. The standard InChI is InChI=1S/C32H25Cl3N2O3/c33-26-11-4-23(5-12-26)19-36-30(31(38)37(32(36)39)20-24-6-13-27(34)14-7-24)17-10-22-2-1-3-29(18-22)40-21-25-8-15-28(35)16-9-25/h1-9,11-18H,10,19-21H2/b30-17-. The van der Waals surface area contributed by atoms with Gasteiger partial charge in [-0.05, 0) is 77.2 Å². The molecule has 1 saturated heterocycles. The zero-order chi connectivity index (χ0) is 28.1. The predicted octanol–water partition coefficient (Wildman–Crippen LogP) is 8.32. The van der Waals surface area contributed by atoms with Gasteiger partial charge in [0.25, 0.3) is 5.91 Å².